The number of aromatic nitrogens is 1. The van der Waals surface area contributed by atoms with E-state index in [1.807, 2.05) is 74.6 Å². The number of amides is 2. The molecule has 0 bridgehead atoms. The maximum atomic E-state index is 13.0. The lowest BCUT2D eigenvalue weighted by molar-refractivity contribution is -0.125. The van der Waals surface area contributed by atoms with Gasteiger partial charge in [0.1, 0.15) is 12.6 Å². The standard InChI is InChI=1S/C25H31N3O4/c1-3-17(2)23(28-25(31)32-16-18-9-5-4-6-10-18)24(30)27-20(15-29)13-19-14-26-22-12-8-7-11-21(19)22/h4-12,14,17,20,23,26,29H,3,13,15-16H2,1-2H3,(H,27,30)(H,28,31)/t17-,20-,23-/m0/s1. The second-order valence-corrected chi connectivity index (χ2v) is 8.02. The third kappa shape index (κ3) is 6.11. The molecular formula is C25H31N3O4. The first-order chi connectivity index (χ1) is 15.5. The van der Waals surface area contributed by atoms with E-state index in [1.165, 1.54) is 0 Å². The van der Waals surface area contributed by atoms with Crippen LogP contribution in [-0.2, 0) is 22.6 Å². The molecule has 3 rings (SSSR count). The number of rotatable bonds is 10. The van der Waals surface area contributed by atoms with Gasteiger partial charge in [-0.3, -0.25) is 4.79 Å². The number of nitrogens with one attached hydrogen (secondary N) is 3. The van der Waals surface area contributed by atoms with Crippen LogP contribution >= 0.6 is 0 Å². The van der Waals surface area contributed by atoms with Crippen LogP contribution in [0.2, 0.25) is 0 Å². The molecule has 7 heteroatoms. The predicted molar refractivity (Wildman–Crippen MR) is 124 cm³/mol. The van der Waals surface area contributed by atoms with E-state index in [2.05, 4.69) is 15.6 Å². The zero-order valence-electron chi connectivity index (χ0n) is 18.5. The summed E-state index contributed by atoms with van der Waals surface area (Å²) in [5.41, 5.74) is 2.88. The van der Waals surface area contributed by atoms with Crippen LogP contribution in [-0.4, -0.2) is 40.8 Å². The summed E-state index contributed by atoms with van der Waals surface area (Å²) in [6, 6.07) is 16.0. The molecule has 3 aromatic rings. The van der Waals surface area contributed by atoms with Crippen molar-refractivity contribution in [2.24, 2.45) is 5.92 Å². The number of aliphatic hydroxyl groups excluding tert-OH is 1. The van der Waals surface area contributed by atoms with E-state index in [0.29, 0.717) is 12.8 Å². The minimum Gasteiger partial charge on any atom is -0.445 e. The summed E-state index contributed by atoms with van der Waals surface area (Å²) in [7, 11) is 0. The van der Waals surface area contributed by atoms with Gasteiger partial charge in [0.25, 0.3) is 0 Å². The second-order valence-electron chi connectivity index (χ2n) is 8.02. The number of hydrogen-bond donors (Lipinski definition) is 4. The molecular weight excluding hydrogens is 406 g/mol. The number of carbonyl (C=O) groups excluding carboxylic acids is 2. The summed E-state index contributed by atoms with van der Waals surface area (Å²) in [4.78, 5) is 28.6. The number of para-hydroxylation sites is 1. The second kappa shape index (κ2) is 11.3. The molecule has 0 radical (unpaired) electrons. The molecule has 170 valence electrons. The Morgan fingerprint density at radius 2 is 1.78 bits per heavy atom. The minimum atomic E-state index is -0.764. The number of H-pyrrole nitrogens is 1. The largest absolute Gasteiger partial charge is 0.445 e. The summed E-state index contributed by atoms with van der Waals surface area (Å²) in [5, 5.41) is 16.5. The van der Waals surface area contributed by atoms with Crippen molar-refractivity contribution in [2.75, 3.05) is 6.61 Å². The van der Waals surface area contributed by atoms with Crippen molar-refractivity contribution in [2.45, 2.75) is 45.4 Å². The van der Waals surface area contributed by atoms with Crippen LogP contribution in [0, 0.1) is 5.92 Å². The van der Waals surface area contributed by atoms with Crippen LogP contribution in [0.15, 0.2) is 60.8 Å². The van der Waals surface area contributed by atoms with Crippen LogP contribution < -0.4 is 10.6 Å². The summed E-state index contributed by atoms with van der Waals surface area (Å²) < 4.78 is 5.28. The number of aromatic amines is 1. The minimum absolute atomic E-state index is 0.105. The van der Waals surface area contributed by atoms with Crippen LogP contribution in [0.3, 0.4) is 0 Å². The Bertz CT molecular complexity index is 1020. The lowest BCUT2D eigenvalue weighted by atomic mass is 9.97. The molecule has 0 saturated heterocycles. The van der Waals surface area contributed by atoms with Crippen molar-refractivity contribution in [3.05, 3.63) is 71.9 Å². The van der Waals surface area contributed by atoms with Gasteiger partial charge in [-0.25, -0.2) is 4.79 Å². The lowest BCUT2D eigenvalue weighted by Gasteiger charge is -2.26. The Kier molecular flexibility index (Phi) is 8.27. The number of fused-ring (bicyclic) bond motifs is 1. The summed E-state index contributed by atoms with van der Waals surface area (Å²) in [6.07, 6.45) is 2.41. The molecule has 2 aromatic carbocycles. The molecule has 1 aromatic heterocycles. The Balaban J connectivity index is 1.61. The third-order valence-electron chi connectivity index (χ3n) is 5.69. The van der Waals surface area contributed by atoms with Gasteiger partial charge in [-0.15, -0.1) is 0 Å². The molecule has 0 aliphatic rings. The van der Waals surface area contributed by atoms with E-state index < -0.39 is 18.2 Å². The zero-order valence-corrected chi connectivity index (χ0v) is 18.5. The van der Waals surface area contributed by atoms with E-state index >= 15 is 0 Å². The maximum Gasteiger partial charge on any atom is 0.408 e. The number of ether oxygens (including phenoxy) is 1. The maximum absolute atomic E-state index is 13.0. The van der Waals surface area contributed by atoms with Gasteiger partial charge in [0.15, 0.2) is 0 Å². The van der Waals surface area contributed by atoms with E-state index in [9.17, 15) is 14.7 Å². The van der Waals surface area contributed by atoms with E-state index in [1.54, 1.807) is 0 Å². The summed E-state index contributed by atoms with van der Waals surface area (Å²) in [6.45, 7) is 3.77. The molecule has 32 heavy (non-hydrogen) atoms. The topological polar surface area (TPSA) is 103 Å². The van der Waals surface area contributed by atoms with Crippen LogP contribution in [0.1, 0.15) is 31.4 Å². The van der Waals surface area contributed by atoms with Crippen molar-refractivity contribution < 1.29 is 19.4 Å². The third-order valence-corrected chi connectivity index (χ3v) is 5.69. The summed E-state index contributed by atoms with van der Waals surface area (Å²) >= 11 is 0. The Labute approximate surface area is 188 Å². The Hall–Kier alpha value is -3.32. The highest BCUT2D eigenvalue weighted by Gasteiger charge is 2.28. The van der Waals surface area contributed by atoms with Crippen molar-refractivity contribution in [3.63, 3.8) is 0 Å². The lowest BCUT2D eigenvalue weighted by Crippen LogP contribution is -2.53. The molecule has 3 atom stereocenters. The quantitative estimate of drug-likeness (QED) is 0.390. The fourth-order valence-electron chi connectivity index (χ4n) is 3.61. The van der Waals surface area contributed by atoms with Gasteiger partial charge in [0, 0.05) is 17.1 Å². The van der Waals surface area contributed by atoms with Crippen molar-refractivity contribution in [1.29, 1.82) is 0 Å². The van der Waals surface area contributed by atoms with Gasteiger partial charge in [-0.1, -0.05) is 68.8 Å². The molecule has 0 fully saturated rings. The number of alkyl carbamates (subject to hydrolysis) is 1. The number of hydrogen-bond acceptors (Lipinski definition) is 4. The average Bonchev–Trinajstić information content (AvgIpc) is 3.23. The van der Waals surface area contributed by atoms with Gasteiger partial charge in [0.05, 0.1) is 12.6 Å². The number of carbonyl (C=O) groups is 2. The SMILES string of the molecule is CC[C@H](C)[C@H](NC(=O)OCc1ccccc1)C(=O)N[C@H](CO)Cc1c[nH]c2ccccc12. The first-order valence-corrected chi connectivity index (χ1v) is 10.9. The normalized spacial score (nSPS) is 13.8. The number of aliphatic hydroxyl groups is 1. The highest BCUT2D eigenvalue weighted by molar-refractivity contribution is 5.86. The van der Waals surface area contributed by atoms with Crippen LogP contribution in [0.25, 0.3) is 10.9 Å². The van der Waals surface area contributed by atoms with Crippen LogP contribution in [0.4, 0.5) is 4.79 Å². The Morgan fingerprint density at radius 1 is 1.06 bits per heavy atom. The fraction of sp³-hybridized carbons (Fsp3) is 0.360. The van der Waals surface area contributed by atoms with E-state index in [0.717, 1.165) is 22.0 Å². The molecule has 2 amide bonds. The molecule has 1 heterocycles. The first-order valence-electron chi connectivity index (χ1n) is 10.9. The van der Waals surface area contributed by atoms with Crippen molar-refractivity contribution in [1.82, 2.24) is 15.6 Å². The molecule has 0 aliphatic carbocycles. The summed E-state index contributed by atoms with van der Waals surface area (Å²) in [5.74, 6) is -0.443. The monoisotopic (exact) mass is 437 g/mol. The van der Waals surface area contributed by atoms with Gasteiger partial charge in [-0.2, -0.15) is 0 Å². The fourth-order valence-corrected chi connectivity index (χ4v) is 3.61. The molecule has 4 N–H and O–H groups in total. The van der Waals surface area contributed by atoms with Crippen LogP contribution in [0.5, 0.6) is 0 Å². The van der Waals surface area contributed by atoms with E-state index in [-0.39, 0.29) is 25.0 Å². The van der Waals surface area contributed by atoms with E-state index in [4.69, 9.17) is 4.74 Å². The van der Waals surface area contributed by atoms with Crippen molar-refractivity contribution in [3.8, 4) is 0 Å². The Morgan fingerprint density at radius 3 is 2.50 bits per heavy atom. The molecule has 7 nitrogen and oxygen atoms in total. The molecule has 0 spiro atoms. The van der Waals surface area contributed by atoms with Gasteiger partial charge >= 0.3 is 6.09 Å². The highest BCUT2D eigenvalue weighted by atomic mass is 16.5. The molecule has 0 aliphatic heterocycles. The van der Waals surface area contributed by atoms with Gasteiger partial charge < -0.3 is 25.5 Å². The van der Waals surface area contributed by atoms with Crippen molar-refractivity contribution >= 4 is 22.9 Å². The smallest absolute Gasteiger partial charge is 0.408 e. The molecule has 0 saturated carbocycles. The highest BCUT2D eigenvalue weighted by Crippen LogP contribution is 2.19. The van der Waals surface area contributed by atoms with Gasteiger partial charge in [0.2, 0.25) is 5.91 Å². The number of benzene rings is 2. The molecule has 0 unspecified atom stereocenters. The average molecular weight is 438 g/mol. The first kappa shape index (κ1) is 23.3. The predicted octanol–water partition coefficient (Wildman–Crippen LogP) is 3.53. The zero-order chi connectivity index (χ0) is 22.9. The van der Waals surface area contributed by atoms with Gasteiger partial charge in [-0.05, 0) is 29.5 Å².